The van der Waals surface area contributed by atoms with Gasteiger partial charge in [-0.2, -0.15) is 0 Å². The van der Waals surface area contributed by atoms with E-state index < -0.39 is 0 Å². The first-order valence-corrected chi connectivity index (χ1v) is 8.90. The summed E-state index contributed by atoms with van der Waals surface area (Å²) in [6, 6.07) is 14.7. The number of halogens is 2. The number of thiophene rings is 1. The van der Waals surface area contributed by atoms with E-state index in [0.29, 0.717) is 0 Å². The molecule has 4 heteroatoms. The van der Waals surface area contributed by atoms with Crippen LogP contribution in [0.25, 0.3) is 10.1 Å². The van der Waals surface area contributed by atoms with Gasteiger partial charge in [-0.15, -0.1) is 11.3 Å². The van der Waals surface area contributed by atoms with E-state index in [0.717, 1.165) is 16.0 Å². The molecule has 0 bridgehead atoms. The quantitative estimate of drug-likeness (QED) is 0.584. The third kappa shape index (κ3) is 3.02. The maximum absolute atomic E-state index is 6.07. The Kier molecular flexibility index (Phi) is 4.65. The molecule has 1 atom stereocenters. The number of rotatable bonds is 4. The number of hydrogen-bond donors (Lipinski definition) is 1. The molecule has 1 nitrogen and oxygen atoms in total. The molecule has 0 amide bonds. The summed E-state index contributed by atoms with van der Waals surface area (Å²) in [5.41, 5.74) is 2.53. The molecule has 0 aliphatic heterocycles. The van der Waals surface area contributed by atoms with Gasteiger partial charge < -0.3 is 5.32 Å². The predicted octanol–water partition coefficient (Wildman–Crippen LogP) is 6.02. The molecule has 2 aromatic carbocycles. The van der Waals surface area contributed by atoms with Gasteiger partial charge >= 0.3 is 0 Å². The zero-order valence-electron chi connectivity index (χ0n) is 11.6. The van der Waals surface area contributed by atoms with Crippen molar-refractivity contribution in [2.45, 2.75) is 13.0 Å². The monoisotopic (exact) mass is 379 g/mol. The van der Waals surface area contributed by atoms with Crippen LogP contribution in [-0.2, 0) is 0 Å². The lowest BCUT2D eigenvalue weighted by atomic mass is 9.98. The van der Waals surface area contributed by atoms with Crippen molar-refractivity contribution < 1.29 is 0 Å². The van der Waals surface area contributed by atoms with Gasteiger partial charge in [-0.05, 0) is 46.6 Å². The molecule has 3 rings (SSSR count). The van der Waals surface area contributed by atoms with E-state index in [1.54, 1.807) is 11.3 Å². The Bertz CT molecular complexity index is 768. The first kappa shape index (κ1) is 15.0. The molecule has 1 aromatic heterocycles. The minimum Gasteiger partial charge on any atom is -0.306 e. The van der Waals surface area contributed by atoms with E-state index in [2.05, 4.69) is 63.9 Å². The van der Waals surface area contributed by atoms with Crippen molar-refractivity contribution in [3.8, 4) is 0 Å². The van der Waals surface area contributed by atoms with Gasteiger partial charge in [-0.25, -0.2) is 0 Å². The van der Waals surface area contributed by atoms with Crippen LogP contribution >= 0.6 is 38.9 Å². The number of hydrogen-bond acceptors (Lipinski definition) is 2. The van der Waals surface area contributed by atoms with Crippen molar-refractivity contribution in [2.24, 2.45) is 0 Å². The summed E-state index contributed by atoms with van der Waals surface area (Å²) in [6.45, 7) is 3.04. The molecule has 0 aliphatic carbocycles. The highest BCUT2D eigenvalue weighted by Crippen LogP contribution is 2.36. The summed E-state index contributed by atoms with van der Waals surface area (Å²) in [4.78, 5) is 0. The fourth-order valence-corrected chi connectivity index (χ4v) is 4.45. The molecule has 0 spiro atoms. The van der Waals surface area contributed by atoms with Crippen molar-refractivity contribution in [1.29, 1.82) is 0 Å². The molecule has 108 valence electrons. The topological polar surface area (TPSA) is 12.0 Å². The van der Waals surface area contributed by atoms with E-state index in [-0.39, 0.29) is 6.04 Å². The van der Waals surface area contributed by atoms with Gasteiger partial charge in [0.25, 0.3) is 0 Å². The second-order valence-corrected chi connectivity index (χ2v) is 7.05. The van der Waals surface area contributed by atoms with Crippen LogP contribution in [0.4, 0.5) is 0 Å². The molecule has 3 aromatic rings. The second kappa shape index (κ2) is 6.49. The van der Waals surface area contributed by atoms with E-state index in [1.807, 2.05) is 12.1 Å². The zero-order chi connectivity index (χ0) is 14.8. The van der Waals surface area contributed by atoms with E-state index in [9.17, 15) is 0 Å². The van der Waals surface area contributed by atoms with Crippen LogP contribution in [0, 0.1) is 0 Å². The molecule has 21 heavy (non-hydrogen) atoms. The summed E-state index contributed by atoms with van der Waals surface area (Å²) in [5, 5.41) is 7.90. The van der Waals surface area contributed by atoms with Crippen molar-refractivity contribution in [2.75, 3.05) is 6.54 Å². The van der Waals surface area contributed by atoms with Crippen molar-refractivity contribution in [1.82, 2.24) is 5.32 Å². The van der Waals surface area contributed by atoms with Crippen LogP contribution in [0.5, 0.6) is 0 Å². The summed E-state index contributed by atoms with van der Waals surface area (Å²) >= 11 is 11.5. The highest BCUT2D eigenvalue weighted by atomic mass is 79.9. The lowest BCUT2D eigenvalue weighted by Crippen LogP contribution is -2.22. The lowest BCUT2D eigenvalue weighted by molar-refractivity contribution is 0.633. The van der Waals surface area contributed by atoms with Crippen LogP contribution in [0.2, 0.25) is 5.02 Å². The standard InChI is InChI=1S/C17H15BrClNS/c1-2-20-17(13-8-7-11(19)9-15(13)18)14-10-21-16-6-4-3-5-12(14)16/h3-10,17,20H,2H2,1H3. The van der Waals surface area contributed by atoms with Gasteiger partial charge in [-0.1, -0.05) is 58.7 Å². The Morgan fingerprint density at radius 3 is 2.76 bits per heavy atom. The number of nitrogens with one attached hydrogen (secondary N) is 1. The third-order valence-electron chi connectivity index (χ3n) is 3.50. The van der Waals surface area contributed by atoms with Gasteiger partial charge in [0.15, 0.2) is 0 Å². The third-order valence-corrected chi connectivity index (χ3v) is 5.41. The van der Waals surface area contributed by atoms with E-state index in [1.165, 1.54) is 21.2 Å². The summed E-state index contributed by atoms with van der Waals surface area (Å²) in [5.74, 6) is 0. The Balaban J connectivity index is 2.13. The van der Waals surface area contributed by atoms with Crippen LogP contribution in [-0.4, -0.2) is 6.54 Å². The molecule has 1 heterocycles. The van der Waals surface area contributed by atoms with Crippen LogP contribution in [0.3, 0.4) is 0 Å². The van der Waals surface area contributed by atoms with E-state index in [4.69, 9.17) is 11.6 Å². The Morgan fingerprint density at radius 2 is 2.00 bits per heavy atom. The first-order chi connectivity index (χ1) is 10.2. The highest BCUT2D eigenvalue weighted by molar-refractivity contribution is 9.10. The van der Waals surface area contributed by atoms with Crippen molar-refractivity contribution in [3.63, 3.8) is 0 Å². The largest absolute Gasteiger partial charge is 0.306 e. The molecule has 1 N–H and O–H groups in total. The SMILES string of the molecule is CCNC(c1ccc(Cl)cc1Br)c1csc2ccccc12. The number of fused-ring (bicyclic) bond motifs is 1. The van der Waals surface area contributed by atoms with Gasteiger partial charge in [0.1, 0.15) is 0 Å². The molecule has 0 saturated heterocycles. The first-order valence-electron chi connectivity index (χ1n) is 6.85. The van der Waals surface area contributed by atoms with Gasteiger partial charge in [0, 0.05) is 14.2 Å². The van der Waals surface area contributed by atoms with Crippen LogP contribution in [0.15, 0.2) is 52.3 Å². The Labute approximate surface area is 142 Å². The van der Waals surface area contributed by atoms with Crippen LogP contribution in [0.1, 0.15) is 24.1 Å². The average molecular weight is 381 g/mol. The smallest absolute Gasteiger partial charge is 0.0602 e. The van der Waals surface area contributed by atoms with E-state index >= 15 is 0 Å². The number of benzene rings is 2. The minimum absolute atomic E-state index is 0.165. The fourth-order valence-electron chi connectivity index (χ4n) is 2.55. The average Bonchev–Trinajstić information content (AvgIpc) is 2.89. The molecule has 0 radical (unpaired) electrons. The van der Waals surface area contributed by atoms with Crippen molar-refractivity contribution in [3.05, 3.63) is 68.5 Å². The molecule has 1 unspecified atom stereocenters. The molecule has 0 aliphatic rings. The Hall–Kier alpha value is -0.870. The summed E-state index contributed by atoms with van der Waals surface area (Å²) < 4.78 is 2.36. The minimum atomic E-state index is 0.165. The normalized spacial score (nSPS) is 12.7. The van der Waals surface area contributed by atoms with Gasteiger partial charge in [-0.3, -0.25) is 0 Å². The Morgan fingerprint density at radius 1 is 1.19 bits per heavy atom. The summed E-state index contributed by atoms with van der Waals surface area (Å²) in [7, 11) is 0. The zero-order valence-corrected chi connectivity index (χ0v) is 14.7. The maximum Gasteiger partial charge on any atom is 0.0602 e. The predicted molar refractivity (Wildman–Crippen MR) is 96.5 cm³/mol. The lowest BCUT2D eigenvalue weighted by Gasteiger charge is -2.20. The van der Waals surface area contributed by atoms with Crippen molar-refractivity contribution >= 4 is 49.0 Å². The fraction of sp³-hybridized carbons (Fsp3) is 0.176. The molecular weight excluding hydrogens is 366 g/mol. The second-order valence-electron chi connectivity index (χ2n) is 4.84. The summed E-state index contributed by atoms with van der Waals surface area (Å²) in [6.07, 6.45) is 0. The molecule has 0 saturated carbocycles. The maximum atomic E-state index is 6.07. The van der Waals surface area contributed by atoms with Crippen LogP contribution < -0.4 is 5.32 Å². The highest BCUT2D eigenvalue weighted by Gasteiger charge is 2.19. The molecular formula is C17H15BrClNS. The molecule has 0 fully saturated rings. The van der Waals surface area contributed by atoms with Gasteiger partial charge in [0.05, 0.1) is 6.04 Å². The van der Waals surface area contributed by atoms with Gasteiger partial charge in [0.2, 0.25) is 0 Å².